The molecular weight excluding hydrogens is 353 g/mol. The number of amides is 1. The SMILES string of the molecule is C[C@@H](Oc1ccc(Br)cc1C=O)C(=O)Nc1ccc(F)cc1. The second kappa shape index (κ2) is 7.17. The summed E-state index contributed by atoms with van der Waals surface area (Å²) in [4.78, 5) is 23.1. The van der Waals surface area contributed by atoms with Crippen LogP contribution in [0, 0.1) is 5.82 Å². The molecule has 1 amide bonds. The van der Waals surface area contributed by atoms with Crippen LogP contribution in [0.5, 0.6) is 5.75 Å². The molecule has 0 heterocycles. The summed E-state index contributed by atoms with van der Waals surface area (Å²) in [5.74, 6) is -0.459. The van der Waals surface area contributed by atoms with Crippen molar-refractivity contribution < 1.29 is 18.7 Å². The van der Waals surface area contributed by atoms with Gasteiger partial charge in [0.2, 0.25) is 0 Å². The van der Waals surface area contributed by atoms with E-state index in [0.717, 1.165) is 4.47 Å². The van der Waals surface area contributed by atoms with Gasteiger partial charge < -0.3 is 10.1 Å². The third kappa shape index (κ3) is 4.14. The number of rotatable bonds is 5. The molecule has 0 aliphatic rings. The van der Waals surface area contributed by atoms with Crippen molar-refractivity contribution in [2.45, 2.75) is 13.0 Å². The van der Waals surface area contributed by atoms with E-state index in [-0.39, 0.29) is 5.82 Å². The molecule has 1 atom stereocenters. The summed E-state index contributed by atoms with van der Waals surface area (Å²) in [5, 5.41) is 2.61. The van der Waals surface area contributed by atoms with Gasteiger partial charge in [-0.2, -0.15) is 0 Å². The van der Waals surface area contributed by atoms with Crippen LogP contribution in [0.15, 0.2) is 46.9 Å². The van der Waals surface area contributed by atoms with E-state index in [4.69, 9.17) is 4.74 Å². The number of anilines is 1. The maximum absolute atomic E-state index is 12.8. The van der Waals surface area contributed by atoms with Gasteiger partial charge in [0, 0.05) is 10.2 Å². The average Bonchev–Trinajstić information content (AvgIpc) is 2.51. The number of carbonyl (C=O) groups is 2. The Balaban J connectivity index is 2.05. The molecule has 4 nitrogen and oxygen atoms in total. The average molecular weight is 366 g/mol. The van der Waals surface area contributed by atoms with Gasteiger partial charge in [0.25, 0.3) is 5.91 Å². The van der Waals surface area contributed by atoms with Crippen molar-refractivity contribution in [3.8, 4) is 5.75 Å². The lowest BCUT2D eigenvalue weighted by atomic mass is 10.2. The number of carbonyl (C=O) groups excluding carboxylic acids is 2. The van der Waals surface area contributed by atoms with Crippen LogP contribution >= 0.6 is 15.9 Å². The minimum Gasteiger partial charge on any atom is -0.480 e. The van der Waals surface area contributed by atoms with E-state index in [1.807, 2.05) is 0 Å². The van der Waals surface area contributed by atoms with E-state index in [0.29, 0.717) is 23.3 Å². The Morgan fingerprint density at radius 3 is 2.59 bits per heavy atom. The zero-order valence-corrected chi connectivity index (χ0v) is 13.3. The Bertz CT molecular complexity index is 688. The third-order valence-electron chi connectivity index (χ3n) is 2.88. The normalized spacial score (nSPS) is 11.6. The van der Waals surface area contributed by atoms with Gasteiger partial charge in [-0.15, -0.1) is 0 Å². The van der Waals surface area contributed by atoms with Gasteiger partial charge in [-0.3, -0.25) is 9.59 Å². The Morgan fingerprint density at radius 2 is 1.95 bits per heavy atom. The minimum absolute atomic E-state index is 0.319. The van der Waals surface area contributed by atoms with Crippen molar-refractivity contribution in [2.24, 2.45) is 0 Å². The first-order chi connectivity index (χ1) is 10.5. The molecule has 0 aliphatic carbocycles. The topological polar surface area (TPSA) is 55.4 Å². The Hall–Kier alpha value is -2.21. The van der Waals surface area contributed by atoms with Crippen molar-refractivity contribution in [1.29, 1.82) is 0 Å². The maximum Gasteiger partial charge on any atom is 0.265 e. The highest BCUT2D eigenvalue weighted by Gasteiger charge is 2.16. The van der Waals surface area contributed by atoms with E-state index in [2.05, 4.69) is 21.2 Å². The number of halogens is 2. The van der Waals surface area contributed by atoms with Gasteiger partial charge in [0.05, 0.1) is 5.56 Å². The van der Waals surface area contributed by atoms with E-state index < -0.39 is 12.0 Å². The van der Waals surface area contributed by atoms with E-state index >= 15 is 0 Å². The summed E-state index contributed by atoms with van der Waals surface area (Å²) >= 11 is 3.26. The number of hydrogen-bond donors (Lipinski definition) is 1. The monoisotopic (exact) mass is 365 g/mol. The lowest BCUT2D eigenvalue weighted by molar-refractivity contribution is -0.122. The fourth-order valence-electron chi connectivity index (χ4n) is 1.74. The number of benzene rings is 2. The molecule has 0 radical (unpaired) electrons. The van der Waals surface area contributed by atoms with Gasteiger partial charge in [-0.1, -0.05) is 15.9 Å². The molecule has 0 fully saturated rings. The Labute approximate surface area is 135 Å². The van der Waals surface area contributed by atoms with Crippen molar-refractivity contribution in [3.63, 3.8) is 0 Å². The largest absolute Gasteiger partial charge is 0.480 e. The van der Waals surface area contributed by atoms with Gasteiger partial charge in [0.15, 0.2) is 12.4 Å². The standard InChI is InChI=1S/C16H13BrFNO3/c1-10(16(21)19-14-5-3-13(18)4-6-14)22-15-7-2-12(17)8-11(15)9-20/h2-10H,1H3,(H,19,21)/t10-/m1/s1. The first-order valence-corrected chi connectivity index (χ1v) is 7.26. The summed E-state index contributed by atoms with van der Waals surface area (Å²) in [6.45, 7) is 1.56. The molecule has 2 aromatic rings. The molecule has 114 valence electrons. The molecule has 22 heavy (non-hydrogen) atoms. The summed E-state index contributed by atoms with van der Waals surface area (Å²) in [7, 11) is 0. The van der Waals surface area contributed by atoms with Crippen LogP contribution < -0.4 is 10.1 Å². The number of nitrogens with one attached hydrogen (secondary N) is 1. The lowest BCUT2D eigenvalue weighted by Gasteiger charge is -2.16. The van der Waals surface area contributed by atoms with Crippen LogP contribution in [-0.2, 0) is 4.79 Å². The van der Waals surface area contributed by atoms with Gasteiger partial charge in [0.1, 0.15) is 11.6 Å². The molecule has 0 bridgehead atoms. The van der Waals surface area contributed by atoms with Crippen molar-refractivity contribution in [2.75, 3.05) is 5.32 Å². The smallest absolute Gasteiger partial charge is 0.265 e. The predicted octanol–water partition coefficient (Wildman–Crippen LogP) is 3.81. The molecule has 2 rings (SSSR count). The van der Waals surface area contributed by atoms with Gasteiger partial charge >= 0.3 is 0 Å². The quantitative estimate of drug-likeness (QED) is 0.819. The highest BCUT2D eigenvalue weighted by atomic mass is 79.9. The Morgan fingerprint density at radius 1 is 1.27 bits per heavy atom. The van der Waals surface area contributed by atoms with Gasteiger partial charge in [-0.25, -0.2) is 4.39 Å². The minimum atomic E-state index is -0.815. The van der Waals surface area contributed by atoms with E-state index in [9.17, 15) is 14.0 Å². The summed E-state index contributed by atoms with van der Waals surface area (Å²) < 4.78 is 19.1. The molecule has 1 N–H and O–H groups in total. The van der Waals surface area contributed by atoms with Crippen LogP contribution in [0.2, 0.25) is 0 Å². The first-order valence-electron chi connectivity index (χ1n) is 6.47. The molecule has 0 aliphatic heterocycles. The second-order valence-electron chi connectivity index (χ2n) is 4.56. The summed E-state index contributed by atoms with van der Waals surface area (Å²) in [6.07, 6.45) is -0.157. The fourth-order valence-corrected chi connectivity index (χ4v) is 2.12. The molecule has 0 saturated heterocycles. The van der Waals surface area contributed by atoms with Crippen LogP contribution in [0.1, 0.15) is 17.3 Å². The van der Waals surface area contributed by atoms with Crippen LogP contribution in [0.25, 0.3) is 0 Å². The van der Waals surface area contributed by atoms with E-state index in [1.165, 1.54) is 24.3 Å². The van der Waals surface area contributed by atoms with Crippen molar-refractivity contribution in [1.82, 2.24) is 0 Å². The third-order valence-corrected chi connectivity index (χ3v) is 3.38. The number of aldehydes is 1. The fraction of sp³-hybridized carbons (Fsp3) is 0.125. The molecule has 0 aromatic heterocycles. The number of hydrogen-bond acceptors (Lipinski definition) is 3. The zero-order chi connectivity index (χ0) is 16.1. The second-order valence-corrected chi connectivity index (χ2v) is 5.47. The van der Waals surface area contributed by atoms with E-state index in [1.54, 1.807) is 25.1 Å². The predicted molar refractivity (Wildman–Crippen MR) is 84.6 cm³/mol. The van der Waals surface area contributed by atoms with Crippen LogP contribution in [-0.4, -0.2) is 18.3 Å². The molecule has 6 heteroatoms. The summed E-state index contributed by atoms with van der Waals surface area (Å²) in [5.41, 5.74) is 0.809. The molecule has 0 unspecified atom stereocenters. The highest BCUT2D eigenvalue weighted by Crippen LogP contribution is 2.23. The molecule has 0 spiro atoms. The zero-order valence-electron chi connectivity index (χ0n) is 11.7. The molecule has 0 saturated carbocycles. The lowest BCUT2D eigenvalue weighted by Crippen LogP contribution is -2.30. The van der Waals surface area contributed by atoms with Crippen LogP contribution in [0.4, 0.5) is 10.1 Å². The highest BCUT2D eigenvalue weighted by molar-refractivity contribution is 9.10. The maximum atomic E-state index is 12.8. The molecular formula is C16H13BrFNO3. The molecule has 2 aromatic carbocycles. The van der Waals surface area contributed by atoms with Crippen molar-refractivity contribution >= 4 is 33.8 Å². The first kappa shape index (κ1) is 16.2. The van der Waals surface area contributed by atoms with Gasteiger partial charge in [-0.05, 0) is 49.4 Å². The number of ether oxygens (including phenoxy) is 1. The Kier molecular flexibility index (Phi) is 5.27. The van der Waals surface area contributed by atoms with Crippen molar-refractivity contribution in [3.05, 3.63) is 58.3 Å². The van der Waals surface area contributed by atoms with Crippen LogP contribution in [0.3, 0.4) is 0 Å². The summed E-state index contributed by atoms with van der Waals surface area (Å²) in [6, 6.07) is 10.3.